The second kappa shape index (κ2) is 7.60. The van der Waals surface area contributed by atoms with Gasteiger partial charge in [0.05, 0.1) is 37.4 Å². The van der Waals surface area contributed by atoms with Crippen LogP contribution in [0.5, 0.6) is 0 Å². The first-order chi connectivity index (χ1) is 13.2. The van der Waals surface area contributed by atoms with Gasteiger partial charge in [0.25, 0.3) is 0 Å². The first kappa shape index (κ1) is 20.4. The molecule has 1 saturated heterocycles. The maximum absolute atomic E-state index is 12.8. The van der Waals surface area contributed by atoms with Crippen molar-refractivity contribution in [1.29, 1.82) is 0 Å². The minimum absolute atomic E-state index is 0.370. The number of aromatic amines is 1. The van der Waals surface area contributed by atoms with Gasteiger partial charge in [-0.15, -0.1) is 0 Å². The lowest BCUT2D eigenvalue weighted by molar-refractivity contribution is -0.170. The Labute approximate surface area is 161 Å². The Hall–Kier alpha value is -2.31. The highest BCUT2D eigenvalue weighted by Gasteiger charge is 2.54. The number of nitrogens with zero attached hydrogens (tertiary/aromatic N) is 3. The molecule has 1 aliphatic heterocycles. The van der Waals surface area contributed by atoms with E-state index in [1.54, 1.807) is 27.0 Å². The number of esters is 1. The average Bonchev–Trinajstić information content (AvgIpc) is 3.12. The molecule has 1 aliphatic rings. The molecule has 1 fully saturated rings. The summed E-state index contributed by atoms with van der Waals surface area (Å²) in [5.74, 6) is -1.44. The monoisotopic (exact) mass is 395 g/mol. The summed E-state index contributed by atoms with van der Waals surface area (Å²) < 4.78 is 5.44. The second-order valence-corrected chi connectivity index (χ2v) is 7.62. The van der Waals surface area contributed by atoms with Crippen molar-refractivity contribution in [3.05, 3.63) is 18.1 Å². The molecule has 11 heteroatoms. The molecule has 0 saturated carbocycles. The van der Waals surface area contributed by atoms with Gasteiger partial charge < -0.3 is 25.1 Å². The Balaban J connectivity index is 2.07. The average molecular weight is 395 g/mol. The van der Waals surface area contributed by atoms with Crippen molar-refractivity contribution in [1.82, 2.24) is 20.0 Å². The van der Waals surface area contributed by atoms with E-state index >= 15 is 0 Å². The molecule has 0 aliphatic carbocycles. The normalized spacial score (nSPS) is 26.0. The molecule has 2 aromatic rings. The molecule has 0 bridgehead atoms. The number of aliphatic hydroxyl groups excluding tert-OH is 2. The van der Waals surface area contributed by atoms with Crippen LogP contribution >= 0.6 is 0 Å². The Morgan fingerprint density at radius 1 is 1.39 bits per heavy atom. The number of aliphatic hydroxyl groups is 2. The number of aromatic nitrogens is 3. The Kier molecular flexibility index (Phi) is 5.55. The molecule has 154 valence electrons. The predicted octanol–water partition coefficient (Wildman–Crippen LogP) is 0.357. The van der Waals surface area contributed by atoms with Gasteiger partial charge in [0.15, 0.2) is 5.82 Å². The minimum atomic E-state index is -1.33. The number of hydrogen-bond acceptors (Lipinski definition) is 10. The molecule has 0 aromatic carbocycles. The molecule has 3 rings (SSSR count). The van der Waals surface area contributed by atoms with Gasteiger partial charge in [-0.3, -0.25) is 9.63 Å². The molecule has 2 aromatic heterocycles. The first-order valence-electron chi connectivity index (χ1n) is 8.79. The summed E-state index contributed by atoms with van der Waals surface area (Å²) in [6, 6.07) is -2.04. The highest BCUT2D eigenvalue weighted by molar-refractivity contribution is 5.89. The molecule has 28 heavy (non-hydrogen) atoms. The number of hydrogen-bond donors (Lipinski definition) is 5. The standard InChI is InChI=1S/C17H25N5O6/c1-17(2,3)28-16(25)10-13(22(26)9(6-23)14(10)24)8-5-18-12-11(8)19-7-20-15(12)21-27-4/h5,7,9-10,13-14,18,23-24,26H,6H2,1-4H3,(H,19,20,21). The van der Waals surface area contributed by atoms with Gasteiger partial charge in [0, 0.05) is 11.8 Å². The van der Waals surface area contributed by atoms with Crippen molar-refractivity contribution in [2.75, 3.05) is 19.2 Å². The number of rotatable bonds is 5. The molecule has 0 spiro atoms. The van der Waals surface area contributed by atoms with Crippen molar-refractivity contribution in [3.63, 3.8) is 0 Å². The van der Waals surface area contributed by atoms with Gasteiger partial charge in [0.2, 0.25) is 0 Å². The third-order valence-corrected chi connectivity index (χ3v) is 4.60. The summed E-state index contributed by atoms with van der Waals surface area (Å²) in [6.45, 7) is 4.59. The van der Waals surface area contributed by atoms with Gasteiger partial charge in [0.1, 0.15) is 23.4 Å². The number of hydroxylamine groups is 2. The molecule has 3 heterocycles. The fourth-order valence-corrected chi connectivity index (χ4v) is 3.48. The fraction of sp³-hybridized carbons (Fsp3) is 0.588. The molecular weight excluding hydrogens is 370 g/mol. The van der Waals surface area contributed by atoms with E-state index in [4.69, 9.17) is 9.57 Å². The molecule has 0 amide bonds. The molecule has 5 N–H and O–H groups in total. The van der Waals surface area contributed by atoms with E-state index < -0.39 is 42.3 Å². The topological polar surface area (TPSA) is 153 Å². The zero-order valence-electron chi connectivity index (χ0n) is 16.1. The molecule has 0 radical (unpaired) electrons. The number of fused-ring (bicyclic) bond motifs is 1. The van der Waals surface area contributed by atoms with E-state index in [0.717, 1.165) is 5.06 Å². The highest BCUT2D eigenvalue weighted by Crippen LogP contribution is 2.43. The maximum Gasteiger partial charge on any atom is 0.314 e. The van der Waals surface area contributed by atoms with Crippen LogP contribution in [0.25, 0.3) is 11.0 Å². The van der Waals surface area contributed by atoms with E-state index in [0.29, 0.717) is 22.4 Å². The lowest BCUT2D eigenvalue weighted by atomic mass is 9.92. The molecular formula is C17H25N5O6. The zero-order valence-corrected chi connectivity index (χ0v) is 16.1. The van der Waals surface area contributed by atoms with Crippen LogP contribution in [0.15, 0.2) is 12.5 Å². The van der Waals surface area contributed by atoms with E-state index in [1.165, 1.54) is 13.4 Å². The summed E-state index contributed by atoms with van der Waals surface area (Å²) in [6.07, 6.45) is 1.54. The van der Waals surface area contributed by atoms with Crippen LogP contribution < -0.4 is 5.48 Å². The van der Waals surface area contributed by atoms with Crippen molar-refractivity contribution in [3.8, 4) is 0 Å². The van der Waals surface area contributed by atoms with Gasteiger partial charge in [-0.25, -0.2) is 15.4 Å². The Morgan fingerprint density at radius 2 is 2.11 bits per heavy atom. The van der Waals surface area contributed by atoms with Crippen LogP contribution in [0.4, 0.5) is 5.82 Å². The van der Waals surface area contributed by atoms with Gasteiger partial charge in [-0.2, -0.15) is 5.06 Å². The summed E-state index contributed by atoms with van der Waals surface area (Å²) >= 11 is 0. The van der Waals surface area contributed by atoms with Crippen LogP contribution in [0.3, 0.4) is 0 Å². The maximum atomic E-state index is 12.8. The predicted molar refractivity (Wildman–Crippen MR) is 97.1 cm³/mol. The fourth-order valence-electron chi connectivity index (χ4n) is 3.48. The van der Waals surface area contributed by atoms with E-state index in [2.05, 4.69) is 20.4 Å². The summed E-state index contributed by atoms with van der Waals surface area (Å²) in [5.41, 5.74) is 3.21. The van der Waals surface area contributed by atoms with Crippen molar-refractivity contribution < 1.29 is 29.8 Å². The third kappa shape index (κ3) is 3.54. The van der Waals surface area contributed by atoms with Crippen molar-refractivity contribution in [2.45, 2.75) is 44.6 Å². The Bertz CT molecular complexity index is 850. The first-order valence-corrected chi connectivity index (χ1v) is 8.79. The number of carbonyl (C=O) groups is 1. The van der Waals surface area contributed by atoms with Crippen molar-refractivity contribution >= 4 is 22.8 Å². The van der Waals surface area contributed by atoms with Crippen molar-refractivity contribution in [2.24, 2.45) is 5.92 Å². The molecule has 4 unspecified atom stereocenters. The molecule has 11 nitrogen and oxygen atoms in total. The van der Waals surface area contributed by atoms with Gasteiger partial charge in [-0.1, -0.05) is 0 Å². The lowest BCUT2D eigenvalue weighted by Gasteiger charge is -2.26. The number of nitrogens with one attached hydrogen (secondary N) is 2. The van der Waals surface area contributed by atoms with Crippen LogP contribution in [0, 0.1) is 5.92 Å². The number of carbonyl (C=O) groups excluding carboxylic acids is 1. The quantitative estimate of drug-likeness (QED) is 0.354. The largest absolute Gasteiger partial charge is 0.460 e. The molecule has 4 atom stereocenters. The van der Waals surface area contributed by atoms with Crippen LogP contribution in [-0.2, 0) is 14.4 Å². The number of anilines is 1. The SMILES string of the molecule is CONc1ncnc2c(C3C(C(=O)OC(C)(C)C)C(O)C(CO)N3O)c[nH]c12. The van der Waals surface area contributed by atoms with Crippen LogP contribution in [0.2, 0.25) is 0 Å². The minimum Gasteiger partial charge on any atom is -0.460 e. The van der Waals surface area contributed by atoms with E-state index in [-0.39, 0.29) is 0 Å². The van der Waals surface area contributed by atoms with E-state index in [1.807, 2.05) is 0 Å². The Morgan fingerprint density at radius 3 is 2.71 bits per heavy atom. The summed E-state index contributed by atoms with van der Waals surface area (Å²) in [4.78, 5) is 29.0. The van der Waals surface area contributed by atoms with Crippen LogP contribution in [-0.4, -0.2) is 72.9 Å². The highest BCUT2D eigenvalue weighted by atomic mass is 16.6. The summed E-state index contributed by atoms with van der Waals surface area (Å²) in [7, 11) is 1.44. The number of ether oxygens (including phenoxy) is 1. The third-order valence-electron chi connectivity index (χ3n) is 4.60. The number of H-pyrrole nitrogens is 1. The zero-order chi connectivity index (χ0) is 20.6. The van der Waals surface area contributed by atoms with Crippen LogP contribution in [0.1, 0.15) is 32.4 Å². The van der Waals surface area contributed by atoms with Gasteiger partial charge >= 0.3 is 5.97 Å². The smallest absolute Gasteiger partial charge is 0.314 e. The van der Waals surface area contributed by atoms with E-state index in [9.17, 15) is 20.2 Å². The summed E-state index contributed by atoms with van der Waals surface area (Å²) in [5, 5.41) is 31.7. The van der Waals surface area contributed by atoms with Gasteiger partial charge in [-0.05, 0) is 20.8 Å². The lowest BCUT2D eigenvalue weighted by Crippen LogP contribution is -2.39. The second-order valence-electron chi connectivity index (χ2n) is 7.62.